The number of aliphatic carboxylic acids is 1. The number of ether oxygens (including phenoxy) is 1. The number of carbonyl (C=O) groups excluding carboxylic acids is 1. The predicted octanol–water partition coefficient (Wildman–Crippen LogP) is 1.63. The number of benzene rings is 1. The number of carbonyl (C=O) groups is 2. The van der Waals surface area contributed by atoms with Crippen LogP contribution in [-0.4, -0.2) is 28.6 Å². The molecule has 7 nitrogen and oxygen atoms in total. The molecule has 0 bridgehead atoms. The maximum Gasteiger partial charge on any atom is 0.338 e. The van der Waals surface area contributed by atoms with Gasteiger partial charge in [-0.1, -0.05) is 6.58 Å². The van der Waals surface area contributed by atoms with Gasteiger partial charge in [0, 0.05) is 12.1 Å². The molecule has 19 heavy (non-hydrogen) atoms. The average Bonchev–Trinajstić information content (AvgIpc) is 2.37. The number of nitro groups is 1. The van der Waals surface area contributed by atoms with Crippen LogP contribution in [0.3, 0.4) is 0 Å². The molecule has 0 aliphatic carbocycles. The van der Waals surface area contributed by atoms with E-state index in [0.717, 1.165) is 0 Å². The topological polar surface area (TPSA) is 107 Å². The van der Waals surface area contributed by atoms with Crippen LogP contribution < -0.4 is 0 Å². The van der Waals surface area contributed by atoms with Crippen molar-refractivity contribution in [3.8, 4) is 0 Å². The maximum atomic E-state index is 11.5. The number of carboxylic acid groups (broad SMARTS) is 1. The van der Waals surface area contributed by atoms with Crippen molar-refractivity contribution in [1.29, 1.82) is 0 Å². The highest BCUT2D eigenvalue weighted by molar-refractivity contribution is 6.15. The van der Waals surface area contributed by atoms with E-state index >= 15 is 0 Å². The molecule has 1 aromatic carbocycles. The molecule has 0 saturated carbocycles. The zero-order valence-corrected chi connectivity index (χ0v) is 9.87. The molecule has 0 aromatic heterocycles. The summed E-state index contributed by atoms with van der Waals surface area (Å²) in [6.07, 6.45) is -0.292. The number of nitrogens with zero attached hydrogens (tertiary/aromatic N) is 1. The highest BCUT2D eigenvalue weighted by atomic mass is 16.6. The SMILES string of the molecule is C=C(C(=O)OCCC(=O)O)c1ccc([N+](=O)[O-])cc1. The van der Waals surface area contributed by atoms with Crippen LogP contribution in [0.4, 0.5) is 5.69 Å². The number of non-ortho nitro benzene ring substituents is 1. The molecule has 0 amide bonds. The van der Waals surface area contributed by atoms with E-state index in [4.69, 9.17) is 9.84 Å². The van der Waals surface area contributed by atoms with Crippen LogP contribution in [0.2, 0.25) is 0 Å². The quantitative estimate of drug-likeness (QED) is 0.362. The molecular weight excluding hydrogens is 254 g/mol. The number of carboxylic acids is 1. The van der Waals surface area contributed by atoms with Crippen LogP contribution in [-0.2, 0) is 14.3 Å². The van der Waals surface area contributed by atoms with E-state index in [2.05, 4.69) is 6.58 Å². The van der Waals surface area contributed by atoms with Crippen LogP contribution in [0, 0.1) is 10.1 Å². The van der Waals surface area contributed by atoms with Gasteiger partial charge in [0.2, 0.25) is 0 Å². The lowest BCUT2D eigenvalue weighted by Crippen LogP contribution is -2.10. The average molecular weight is 265 g/mol. The summed E-state index contributed by atoms with van der Waals surface area (Å²) >= 11 is 0. The lowest BCUT2D eigenvalue weighted by Gasteiger charge is -2.05. The molecular formula is C12H11NO6. The summed E-state index contributed by atoms with van der Waals surface area (Å²) in [7, 11) is 0. The third-order valence-electron chi connectivity index (χ3n) is 2.22. The summed E-state index contributed by atoms with van der Waals surface area (Å²) < 4.78 is 4.69. The Labute approximate surface area is 108 Å². The second-order valence-electron chi connectivity index (χ2n) is 3.56. The summed E-state index contributed by atoms with van der Waals surface area (Å²) in [4.78, 5) is 31.6. The van der Waals surface area contributed by atoms with Crippen molar-refractivity contribution in [2.75, 3.05) is 6.61 Å². The van der Waals surface area contributed by atoms with Crippen LogP contribution in [0.15, 0.2) is 30.8 Å². The number of esters is 1. The van der Waals surface area contributed by atoms with Crippen molar-refractivity contribution < 1.29 is 24.4 Å². The third-order valence-corrected chi connectivity index (χ3v) is 2.22. The van der Waals surface area contributed by atoms with Gasteiger partial charge in [-0.05, 0) is 17.7 Å². The first-order valence-corrected chi connectivity index (χ1v) is 5.24. The van der Waals surface area contributed by atoms with E-state index in [9.17, 15) is 19.7 Å². The van der Waals surface area contributed by atoms with Gasteiger partial charge < -0.3 is 9.84 Å². The van der Waals surface area contributed by atoms with E-state index in [0.29, 0.717) is 5.56 Å². The molecule has 1 rings (SSSR count). The smallest absolute Gasteiger partial charge is 0.338 e. The molecule has 0 radical (unpaired) electrons. The van der Waals surface area contributed by atoms with Gasteiger partial charge in [0.05, 0.1) is 16.9 Å². The van der Waals surface area contributed by atoms with Crippen molar-refractivity contribution in [3.63, 3.8) is 0 Å². The van der Waals surface area contributed by atoms with Gasteiger partial charge in [-0.3, -0.25) is 14.9 Å². The van der Waals surface area contributed by atoms with E-state index in [-0.39, 0.29) is 24.3 Å². The normalized spacial score (nSPS) is 9.68. The first kappa shape index (κ1) is 14.4. The fraction of sp³-hybridized carbons (Fsp3) is 0.167. The molecule has 7 heteroatoms. The van der Waals surface area contributed by atoms with Gasteiger partial charge in [0.1, 0.15) is 6.61 Å². The molecule has 0 saturated heterocycles. The van der Waals surface area contributed by atoms with E-state index in [1.807, 2.05) is 0 Å². The standard InChI is InChI=1S/C12H11NO6/c1-8(12(16)19-7-6-11(14)15)9-2-4-10(5-3-9)13(17)18/h2-5H,1,6-7H2,(H,14,15). The van der Waals surface area contributed by atoms with Gasteiger partial charge in [-0.15, -0.1) is 0 Å². The Kier molecular flexibility index (Phi) is 4.76. The first-order chi connectivity index (χ1) is 8.91. The summed E-state index contributed by atoms with van der Waals surface area (Å²) in [6.45, 7) is 3.26. The minimum Gasteiger partial charge on any atom is -0.481 e. The number of rotatable bonds is 6. The molecule has 0 aliphatic rings. The van der Waals surface area contributed by atoms with E-state index in [1.165, 1.54) is 24.3 Å². The summed E-state index contributed by atoms with van der Waals surface area (Å²) in [5, 5.41) is 18.8. The molecule has 0 heterocycles. The van der Waals surface area contributed by atoms with Gasteiger partial charge >= 0.3 is 11.9 Å². The fourth-order valence-electron chi connectivity index (χ4n) is 1.22. The largest absolute Gasteiger partial charge is 0.481 e. The molecule has 0 aliphatic heterocycles. The Morgan fingerprint density at radius 2 is 1.89 bits per heavy atom. The van der Waals surface area contributed by atoms with Crippen LogP contribution in [0.1, 0.15) is 12.0 Å². The summed E-state index contributed by atoms with van der Waals surface area (Å²) in [5.74, 6) is -1.83. The third kappa shape index (κ3) is 4.23. The van der Waals surface area contributed by atoms with Crippen molar-refractivity contribution in [2.24, 2.45) is 0 Å². The minimum absolute atomic E-state index is 0.0142. The van der Waals surface area contributed by atoms with E-state index < -0.39 is 16.9 Å². The van der Waals surface area contributed by atoms with Crippen molar-refractivity contribution in [1.82, 2.24) is 0 Å². The monoisotopic (exact) mass is 265 g/mol. The molecule has 100 valence electrons. The highest BCUT2D eigenvalue weighted by Gasteiger charge is 2.13. The Hall–Kier alpha value is -2.70. The van der Waals surface area contributed by atoms with Gasteiger partial charge in [-0.25, -0.2) is 4.79 Å². The van der Waals surface area contributed by atoms with Gasteiger partial charge in [0.15, 0.2) is 0 Å². The predicted molar refractivity (Wildman–Crippen MR) is 65.3 cm³/mol. The molecule has 0 spiro atoms. The van der Waals surface area contributed by atoms with E-state index in [1.54, 1.807) is 0 Å². The van der Waals surface area contributed by atoms with Gasteiger partial charge in [0.25, 0.3) is 5.69 Å². The minimum atomic E-state index is -1.08. The second-order valence-corrected chi connectivity index (χ2v) is 3.56. The molecule has 0 atom stereocenters. The fourth-order valence-corrected chi connectivity index (χ4v) is 1.22. The zero-order chi connectivity index (χ0) is 14.4. The summed E-state index contributed by atoms with van der Waals surface area (Å²) in [6, 6.07) is 5.23. The maximum absolute atomic E-state index is 11.5. The highest BCUT2D eigenvalue weighted by Crippen LogP contribution is 2.18. The van der Waals surface area contributed by atoms with Crippen LogP contribution in [0.5, 0.6) is 0 Å². The molecule has 0 fully saturated rings. The number of hydrogen-bond acceptors (Lipinski definition) is 5. The molecule has 0 unspecified atom stereocenters. The van der Waals surface area contributed by atoms with Crippen molar-refractivity contribution >= 4 is 23.2 Å². The second kappa shape index (κ2) is 6.29. The summed E-state index contributed by atoms with van der Waals surface area (Å²) in [5.41, 5.74) is 0.294. The Bertz CT molecular complexity index is 520. The lowest BCUT2D eigenvalue weighted by atomic mass is 10.1. The number of nitro benzene ring substituents is 1. The van der Waals surface area contributed by atoms with Crippen molar-refractivity contribution in [2.45, 2.75) is 6.42 Å². The first-order valence-electron chi connectivity index (χ1n) is 5.24. The van der Waals surface area contributed by atoms with Gasteiger partial charge in [-0.2, -0.15) is 0 Å². The molecule has 1 aromatic rings. The number of hydrogen-bond donors (Lipinski definition) is 1. The lowest BCUT2D eigenvalue weighted by molar-refractivity contribution is -0.384. The van der Waals surface area contributed by atoms with Crippen LogP contribution >= 0.6 is 0 Å². The zero-order valence-electron chi connectivity index (χ0n) is 9.87. The van der Waals surface area contributed by atoms with Crippen LogP contribution in [0.25, 0.3) is 5.57 Å². The Balaban J connectivity index is 2.64. The molecule has 1 N–H and O–H groups in total. The Morgan fingerprint density at radius 3 is 2.37 bits per heavy atom. The Morgan fingerprint density at radius 1 is 1.32 bits per heavy atom. The van der Waals surface area contributed by atoms with Crippen molar-refractivity contribution in [3.05, 3.63) is 46.5 Å².